The third kappa shape index (κ3) is 6.03. The van der Waals surface area contributed by atoms with Gasteiger partial charge in [-0.05, 0) is 25.5 Å². The van der Waals surface area contributed by atoms with E-state index in [1.165, 1.54) is 24.3 Å². The molecule has 0 radical (unpaired) electrons. The number of halogens is 1. The minimum absolute atomic E-state index is 0.00407. The highest BCUT2D eigenvalue weighted by molar-refractivity contribution is 8.24. The van der Waals surface area contributed by atoms with Gasteiger partial charge < -0.3 is 24.3 Å². The minimum atomic E-state index is -3.17. The van der Waals surface area contributed by atoms with Crippen molar-refractivity contribution in [2.45, 2.75) is 24.3 Å². The molecule has 35 heavy (non-hydrogen) atoms. The van der Waals surface area contributed by atoms with Crippen LogP contribution in [0.1, 0.15) is 23.7 Å². The number of anilines is 1. The fraction of sp³-hybridized carbons (Fsp3) is 0.304. The number of H-pyrrole nitrogens is 1. The smallest absolute Gasteiger partial charge is 0.257 e. The predicted octanol–water partition coefficient (Wildman–Crippen LogP) is 4.90. The molecule has 4 N–H and O–H groups in total. The van der Waals surface area contributed by atoms with Gasteiger partial charge in [0.05, 0.1) is 13.2 Å². The van der Waals surface area contributed by atoms with E-state index in [4.69, 9.17) is 18.9 Å². The number of nitrogens with zero attached hydrogens (tertiary/aromatic N) is 1. The van der Waals surface area contributed by atoms with Crippen LogP contribution in [0.25, 0.3) is 0 Å². The summed E-state index contributed by atoms with van der Waals surface area (Å²) in [5.74, 6) is -0.518. The van der Waals surface area contributed by atoms with E-state index in [2.05, 4.69) is 15.5 Å². The van der Waals surface area contributed by atoms with Crippen LogP contribution in [0.2, 0.25) is 0 Å². The Labute approximate surface area is 202 Å². The zero-order chi connectivity index (χ0) is 25.0. The molecule has 0 saturated heterocycles. The molecule has 1 aromatic heterocycles. The molecule has 10 nitrogen and oxygen atoms in total. The molecule has 0 spiro atoms. The second-order valence-corrected chi connectivity index (χ2v) is 10.1. The van der Waals surface area contributed by atoms with Crippen molar-refractivity contribution in [3.05, 3.63) is 54.0 Å². The van der Waals surface area contributed by atoms with Crippen molar-refractivity contribution in [2.75, 3.05) is 31.4 Å². The van der Waals surface area contributed by atoms with E-state index in [0.29, 0.717) is 24.6 Å². The van der Waals surface area contributed by atoms with Gasteiger partial charge in [0.15, 0.2) is 17.4 Å². The molecule has 1 atom stereocenters. The molecule has 4 rings (SSSR count). The Morgan fingerprint density at radius 3 is 2.83 bits per heavy atom. The third-order valence-electron chi connectivity index (χ3n) is 5.03. The number of carbonyl (C=O) groups excluding carboxylic acids is 1. The Balaban J connectivity index is 1.66. The molecule has 1 amide bonds. The molecule has 188 valence electrons. The number of carbonyl (C=O) groups is 1. The lowest BCUT2D eigenvalue weighted by molar-refractivity contribution is 0.0915. The SMILES string of the molecule is COC[C@H](C)Oc1cc(Oc2cc3c(cc2F)S(O)(O)CCCO3)cc(C(=O)Nc2cc[nH]n2)c1. The zero-order valence-corrected chi connectivity index (χ0v) is 19.9. The quantitative estimate of drug-likeness (QED) is 0.338. The van der Waals surface area contributed by atoms with Gasteiger partial charge in [-0.15, -0.1) is 0 Å². The summed E-state index contributed by atoms with van der Waals surface area (Å²) in [5.41, 5.74) is 0.186. The van der Waals surface area contributed by atoms with Crippen LogP contribution in [0, 0.1) is 5.82 Å². The Morgan fingerprint density at radius 2 is 2.09 bits per heavy atom. The summed E-state index contributed by atoms with van der Waals surface area (Å²) >= 11 is 0. The number of rotatable bonds is 8. The standard InChI is InChI=1S/C23H26FN3O7S/c1-14(13-31-2)33-16-8-15(23(28)26-22-4-5-25-27-22)9-17(10-16)34-19-12-20-21(11-18(19)24)35(29,30)7-3-6-32-20/h4-5,8-12,14,29-30H,3,6-7,13H2,1-2H3,(H2,25,26,27,28)/t14-/m0/s1. The van der Waals surface area contributed by atoms with Crippen molar-refractivity contribution in [1.82, 2.24) is 10.2 Å². The number of aromatic nitrogens is 2. The van der Waals surface area contributed by atoms with E-state index in [0.717, 1.165) is 6.07 Å². The van der Waals surface area contributed by atoms with Crippen molar-refractivity contribution in [3.8, 4) is 23.0 Å². The number of hydrogen-bond acceptors (Lipinski definition) is 8. The molecular formula is C23H26FN3O7S. The lowest BCUT2D eigenvalue weighted by Gasteiger charge is -2.31. The van der Waals surface area contributed by atoms with Crippen molar-refractivity contribution < 1.29 is 37.2 Å². The van der Waals surface area contributed by atoms with Crippen LogP contribution in [0.3, 0.4) is 0 Å². The second kappa shape index (κ2) is 10.5. The molecule has 2 aromatic carbocycles. The summed E-state index contributed by atoms with van der Waals surface area (Å²) in [6.07, 6.45) is 1.65. The largest absolute Gasteiger partial charge is 0.491 e. The second-order valence-electron chi connectivity index (χ2n) is 7.89. The maximum absolute atomic E-state index is 14.9. The summed E-state index contributed by atoms with van der Waals surface area (Å²) in [5, 5.41) is 9.15. The number of benzene rings is 2. The molecular weight excluding hydrogens is 481 g/mol. The summed E-state index contributed by atoms with van der Waals surface area (Å²) in [6, 6.07) is 8.33. The molecule has 0 unspecified atom stereocenters. The number of aromatic amines is 1. The number of nitrogens with one attached hydrogen (secondary N) is 2. The van der Waals surface area contributed by atoms with Crippen molar-refractivity contribution in [3.63, 3.8) is 0 Å². The van der Waals surface area contributed by atoms with Gasteiger partial charge in [-0.1, -0.05) is 0 Å². The predicted molar refractivity (Wildman–Crippen MR) is 128 cm³/mol. The number of methoxy groups -OCH3 is 1. The van der Waals surface area contributed by atoms with Crippen LogP contribution in [0.4, 0.5) is 10.2 Å². The molecule has 12 heteroatoms. The van der Waals surface area contributed by atoms with Crippen LogP contribution >= 0.6 is 10.6 Å². The monoisotopic (exact) mass is 507 g/mol. The van der Waals surface area contributed by atoms with Crippen LogP contribution < -0.4 is 19.5 Å². The first kappa shape index (κ1) is 24.8. The minimum Gasteiger partial charge on any atom is -0.491 e. The highest BCUT2D eigenvalue weighted by atomic mass is 32.3. The lowest BCUT2D eigenvalue weighted by atomic mass is 10.2. The van der Waals surface area contributed by atoms with Crippen LogP contribution in [0.5, 0.6) is 23.0 Å². The Bertz CT molecular complexity index is 1190. The van der Waals surface area contributed by atoms with E-state index >= 15 is 0 Å². The van der Waals surface area contributed by atoms with Crippen molar-refractivity contribution >= 4 is 22.3 Å². The maximum Gasteiger partial charge on any atom is 0.257 e. The van der Waals surface area contributed by atoms with Crippen LogP contribution in [-0.2, 0) is 4.74 Å². The highest BCUT2D eigenvalue weighted by Gasteiger charge is 2.27. The topological polar surface area (TPSA) is 135 Å². The Morgan fingerprint density at radius 1 is 1.29 bits per heavy atom. The molecule has 1 aliphatic rings. The van der Waals surface area contributed by atoms with Gasteiger partial charge in [0, 0.05) is 48.9 Å². The average molecular weight is 508 g/mol. The molecule has 2 heterocycles. The van der Waals surface area contributed by atoms with Gasteiger partial charge in [0.1, 0.15) is 28.2 Å². The van der Waals surface area contributed by atoms with Gasteiger partial charge >= 0.3 is 0 Å². The van der Waals surface area contributed by atoms with Crippen LogP contribution in [-0.4, -0.2) is 57.4 Å². The summed E-state index contributed by atoms with van der Waals surface area (Å²) in [4.78, 5) is 12.8. The third-order valence-corrected chi connectivity index (χ3v) is 6.91. The van der Waals surface area contributed by atoms with Crippen LogP contribution in [0.15, 0.2) is 47.5 Å². The van der Waals surface area contributed by atoms with E-state index in [1.54, 1.807) is 26.3 Å². The molecule has 0 aliphatic carbocycles. The maximum atomic E-state index is 14.9. The molecule has 0 saturated carbocycles. The van der Waals surface area contributed by atoms with E-state index in [9.17, 15) is 18.3 Å². The molecule has 0 bridgehead atoms. The van der Waals surface area contributed by atoms with E-state index in [-0.39, 0.29) is 46.2 Å². The first-order chi connectivity index (χ1) is 16.7. The van der Waals surface area contributed by atoms with E-state index < -0.39 is 22.3 Å². The van der Waals surface area contributed by atoms with Gasteiger partial charge in [-0.2, -0.15) is 15.7 Å². The number of ether oxygens (including phenoxy) is 4. The van der Waals surface area contributed by atoms with E-state index in [1.807, 2.05) is 0 Å². The first-order valence-electron chi connectivity index (χ1n) is 10.8. The molecule has 3 aromatic rings. The Kier molecular flexibility index (Phi) is 7.45. The average Bonchev–Trinajstić information content (AvgIpc) is 3.26. The van der Waals surface area contributed by atoms with Gasteiger partial charge in [0.2, 0.25) is 0 Å². The first-order valence-corrected chi connectivity index (χ1v) is 12.5. The fourth-order valence-corrected chi connectivity index (χ4v) is 4.96. The van der Waals surface area contributed by atoms with Crippen molar-refractivity contribution in [2.24, 2.45) is 0 Å². The van der Waals surface area contributed by atoms with Gasteiger partial charge in [0.25, 0.3) is 5.91 Å². The summed E-state index contributed by atoms with van der Waals surface area (Å²) < 4.78 is 57.9. The number of fused-ring (bicyclic) bond motifs is 1. The lowest BCUT2D eigenvalue weighted by Crippen LogP contribution is -2.18. The summed E-state index contributed by atoms with van der Waals surface area (Å²) in [7, 11) is -1.63. The summed E-state index contributed by atoms with van der Waals surface area (Å²) in [6.45, 7) is 2.36. The number of amides is 1. The number of hydrogen-bond donors (Lipinski definition) is 4. The molecule has 1 aliphatic heterocycles. The highest BCUT2D eigenvalue weighted by Crippen LogP contribution is 2.55. The zero-order valence-electron chi connectivity index (χ0n) is 19.1. The van der Waals surface area contributed by atoms with Gasteiger partial charge in [-0.25, -0.2) is 4.39 Å². The normalized spacial score (nSPS) is 16.3. The van der Waals surface area contributed by atoms with Crippen molar-refractivity contribution in [1.29, 1.82) is 0 Å². The Hall–Kier alpha value is -3.32. The van der Waals surface area contributed by atoms with Gasteiger partial charge in [-0.3, -0.25) is 19.0 Å². The fourth-order valence-electron chi connectivity index (χ4n) is 3.49. The molecule has 0 fully saturated rings.